The second kappa shape index (κ2) is 6.51. The van der Waals surface area contributed by atoms with E-state index < -0.39 is 17.9 Å². The van der Waals surface area contributed by atoms with Crippen molar-refractivity contribution in [1.82, 2.24) is 5.32 Å². The van der Waals surface area contributed by atoms with Crippen molar-refractivity contribution in [1.29, 1.82) is 0 Å². The lowest BCUT2D eigenvalue weighted by molar-refractivity contribution is -0.139. The Hall–Kier alpha value is -1.89. The van der Waals surface area contributed by atoms with Gasteiger partial charge >= 0.3 is 5.97 Å². The topological polar surface area (TPSA) is 66.4 Å². The summed E-state index contributed by atoms with van der Waals surface area (Å²) in [6.07, 6.45) is 0. The summed E-state index contributed by atoms with van der Waals surface area (Å²) >= 11 is 2.14. The van der Waals surface area contributed by atoms with Gasteiger partial charge in [-0.25, -0.2) is 4.79 Å². The minimum atomic E-state index is -1.09. The van der Waals surface area contributed by atoms with E-state index in [1.54, 1.807) is 54.6 Å². The van der Waals surface area contributed by atoms with Crippen molar-refractivity contribution in [2.75, 3.05) is 0 Å². The molecule has 1 atom stereocenters. The summed E-state index contributed by atoms with van der Waals surface area (Å²) in [5, 5.41) is 11.8. The molecule has 102 valence electrons. The molecule has 2 aromatic carbocycles. The Morgan fingerprint density at radius 2 is 1.60 bits per heavy atom. The first-order valence-electron chi connectivity index (χ1n) is 5.92. The molecule has 0 aliphatic heterocycles. The van der Waals surface area contributed by atoms with Crippen LogP contribution in [0.4, 0.5) is 0 Å². The summed E-state index contributed by atoms with van der Waals surface area (Å²) in [6.45, 7) is 0. The smallest absolute Gasteiger partial charge is 0.330 e. The molecule has 0 saturated carbocycles. The molecule has 0 spiro atoms. The van der Waals surface area contributed by atoms with Crippen LogP contribution in [-0.2, 0) is 4.79 Å². The zero-order chi connectivity index (χ0) is 14.5. The van der Waals surface area contributed by atoms with Gasteiger partial charge in [0.2, 0.25) is 0 Å². The molecule has 0 fully saturated rings. The average Bonchev–Trinajstić information content (AvgIpc) is 2.46. The number of amides is 1. The van der Waals surface area contributed by atoms with Crippen LogP contribution in [0.2, 0.25) is 0 Å². The Kier molecular flexibility index (Phi) is 4.73. The summed E-state index contributed by atoms with van der Waals surface area (Å²) < 4.78 is 1.01. The minimum Gasteiger partial charge on any atom is -0.479 e. The van der Waals surface area contributed by atoms with E-state index in [0.29, 0.717) is 11.1 Å². The van der Waals surface area contributed by atoms with Crippen molar-refractivity contribution < 1.29 is 14.7 Å². The van der Waals surface area contributed by atoms with Gasteiger partial charge < -0.3 is 10.4 Å². The molecule has 0 bridgehead atoms. The zero-order valence-electron chi connectivity index (χ0n) is 10.4. The first-order chi connectivity index (χ1) is 9.58. The molecule has 2 N–H and O–H groups in total. The third kappa shape index (κ3) is 3.57. The quantitative estimate of drug-likeness (QED) is 0.801. The average molecular weight is 381 g/mol. The number of aliphatic carboxylic acids is 1. The van der Waals surface area contributed by atoms with Crippen LogP contribution < -0.4 is 5.32 Å². The number of carbonyl (C=O) groups excluding carboxylic acids is 1. The standard InChI is InChI=1S/C15H12INO3/c16-12-8-6-11(7-9-12)14(18)17-13(15(19)20)10-4-2-1-3-5-10/h1-9,13H,(H,17,18)(H,19,20). The highest BCUT2D eigenvalue weighted by Crippen LogP contribution is 2.14. The zero-order valence-corrected chi connectivity index (χ0v) is 12.6. The fourth-order valence-electron chi connectivity index (χ4n) is 1.75. The second-order valence-electron chi connectivity index (χ2n) is 4.16. The largest absolute Gasteiger partial charge is 0.479 e. The summed E-state index contributed by atoms with van der Waals surface area (Å²) in [6, 6.07) is 14.5. The monoisotopic (exact) mass is 381 g/mol. The van der Waals surface area contributed by atoms with Gasteiger partial charge in [-0.3, -0.25) is 4.79 Å². The lowest BCUT2D eigenvalue weighted by atomic mass is 10.1. The van der Waals surface area contributed by atoms with Crippen LogP contribution in [0.15, 0.2) is 54.6 Å². The highest BCUT2D eigenvalue weighted by Gasteiger charge is 2.22. The van der Waals surface area contributed by atoms with Crippen LogP contribution in [-0.4, -0.2) is 17.0 Å². The summed E-state index contributed by atoms with van der Waals surface area (Å²) in [5.74, 6) is -1.49. The molecule has 0 radical (unpaired) electrons. The van der Waals surface area contributed by atoms with Crippen LogP contribution in [0, 0.1) is 3.57 Å². The highest BCUT2D eigenvalue weighted by molar-refractivity contribution is 14.1. The molecule has 5 heteroatoms. The predicted molar refractivity (Wildman–Crippen MR) is 83.4 cm³/mol. The number of hydrogen-bond donors (Lipinski definition) is 2. The van der Waals surface area contributed by atoms with Gasteiger partial charge in [-0.2, -0.15) is 0 Å². The number of carboxylic acid groups (broad SMARTS) is 1. The molecule has 0 heterocycles. The van der Waals surface area contributed by atoms with Gasteiger partial charge in [-0.1, -0.05) is 30.3 Å². The minimum absolute atomic E-state index is 0.405. The molecule has 0 saturated heterocycles. The molecule has 0 aromatic heterocycles. The normalized spacial score (nSPS) is 11.7. The van der Waals surface area contributed by atoms with Gasteiger partial charge in [0.25, 0.3) is 5.91 Å². The van der Waals surface area contributed by atoms with Gasteiger partial charge in [0.1, 0.15) is 0 Å². The molecule has 0 aliphatic rings. The van der Waals surface area contributed by atoms with Crippen LogP contribution in [0.25, 0.3) is 0 Å². The maximum Gasteiger partial charge on any atom is 0.330 e. The van der Waals surface area contributed by atoms with Crippen molar-refractivity contribution in [3.63, 3.8) is 0 Å². The van der Waals surface area contributed by atoms with Crippen LogP contribution in [0.5, 0.6) is 0 Å². The van der Waals surface area contributed by atoms with Gasteiger partial charge in [-0.05, 0) is 52.4 Å². The Balaban J connectivity index is 2.19. The number of rotatable bonds is 4. The lowest BCUT2D eigenvalue weighted by Crippen LogP contribution is -2.33. The van der Waals surface area contributed by atoms with E-state index in [1.807, 2.05) is 0 Å². The molecule has 1 amide bonds. The van der Waals surface area contributed by atoms with Gasteiger partial charge in [-0.15, -0.1) is 0 Å². The van der Waals surface area contributed by atoms with Gasteiger partial charge in [0.05, 0.1) is 0 Å². The Labute approximate surface area is 130 Å². The SMILES string of the molecule is O=C(NC(C(=O)O)c1ccccc1)c1ccc(I)cc1. The molecule has 20 heavy (non-hydrogen) atoms. The van der Waals surface area contributed by atoms with Crippen LogP contribution in [0.1, 0.15) is 22.0 Å². The fraction of sp³-hybridized carbons (Fsp3) is 0.0667. The van der Waals surface area contributed by atoms with Crippen LogP contribution in [0.3, 0.4) is 0 Å². The van der Waals surface area contributed by atoms with Crippen LogP contribution >= 0.6 is 22.6 Å². The van der Waals surface area contributed by atoms with Crippen molar-refractivity contribution >= 4 is 34.5 Å². The summed E-state index contributed by atoms with van der Waals surface area (Å²) in [7, 11) is 0. The van der Waals surface area contributed by atoms with E-state index in [0.717, 1.165) is 3.57 Å². The first-order valence-corrected chi connectivity index (χ1v) is 7.00. The molecule has 2 rings (SSSR count). The van der Waals surface area contributed by atoms with E-state index in [2.05, 4.69) is 27.9 Å². The molecular weight excluding hydrogens is 369 g/mol. The molecule has 0 aliphatic carbocycles. The van der Waals surface area contributed by atoms with Crippen molar-refractivity contribution in [2.24, 2.45) is 0 Å². The lowest BCUT2D eigenvalue weighted by Gasteiger charge is -2.14. The first kappa shape index (κ1) is 14.5. The molecular formula is C15H12INO3. The van der Waals surface area contributed by atoms with E-state index >= 15 is 0 Å². The Bertz CT molecular complexity index is 611. The number of hydrogen-bond acceptors (Lipinski definition) is 2. The van der Waals surface area contributed by atoms with Crippen molar-refractivity contribution in [2.45, 2.75) is 6.04 Å². The van der Waals surface area contributed by atoms with E-state index in [4.69, 9.17) is 0 Å². The number of nitrogens with one attached hydrogen (secondary N) is 1. The molecule has 1 unspecified atom stereocenters. The predicted octanol–water partition coefficient (Wildman–Crippen LogP) is 2.85. The third-order valence-electron chi connectivity index (χ3n) is 2.76. The highest BCUT2D eigenvalue weighted by atomic mass is 127. The van der Waals surface area contributed by atoms with E-state index in [9.17, 15) is 14.7 Å². The van der Waals surface area contributed by atoms with E-state index in [1.165, 1.54) is 0 Å². The van der Waals surface area contributed by atoms with Crippen molar-refractivity contribution in [3.8, 4) is 0 Å². The summed E-state index contributed by atoms with van der Waals surface area (Å²) in [5.41, 5.74) is 0.978. The van der Waals surface area contributed by atoms with Crippen molar-refractivity contribution in [3.05, 3.63) is 69.3 Å². The Morgan fingerprint density at radius 3 is 2.15 bits per heavy atom. The third-order valence-corrected chi connectivity index (χ3v) is 3.48. The molecule has 4 nitrogen and oxygen atoms in total. The molecule has 2 aromatic rings. The van der Waals surface area contributed by atoms with Gasteiger partial charge in [0.15, 0.2) is 6.04 Å². The van der Waals surface area contributed by atoms with Gasteiger partial charge in [0, 0.05) is 9.13 Å². The maximum absolute atomic E-state index is 12.1. The summed E-state index contributed by atoms with van der Waals surface area (Å²) in [4.78, 5) is 23.4. The number of benzene rings is 2. The van der Waals surface area contributed by atoms with E-state index in [-0.39, 0.29) is 0 Å². The second-order valence-corrected chi connectivity index (χ2v) is 5.41. The number of carbonyl (C=O) groups is 2. The number of carboxylic acids is 1. The Morgan fingerprint density at radius 1 is 1.00 bits per heavy atom. The number of halogens is 1. The maximum atomic E-state index is 12.1. The fourth-order valence-corrected chi connectivity index (χ4v) is 2.11.